The van der Waals surface area contributed by atoms with Gasteiger partial charge >= 0.3 is 0 Å². The quantitative estimate of drug-likeness (QED) is 0.343. The first-order valence-corrected chi connectivity index (χ1v) is 4.42. The second-order valence-corrected chi connectivity index (χ2v) is 2.63. The standard InChI is InChI=1S/C4H11NS2/c1-2-5-3-4-7-6/h5-6H,2-4H2,1H3. The molecule has 0 saturated carbocycles. The fraction of sp³-hybridized carbons (Fsp3) is 1.00. The van der Waals surface area contributed by atoms with E-state index in [-0.39, 0.29) is 0 Å². The summed E-state index contributed by atoms with van der Waals surface area (Å²) in [5.41, 5.74) is 0. The first-order chi connectivity index (χ1) is 3.41. The third-order valence-electron chi connectivity index (χ3n) is 0.620. The van der Waals surface area contributed by atoms with Gasteiger partial charge in [-0.15, -0.1) is 11.7 Å². The van der Waals surface area contributed by atoms with Crippen molar-refractivity contribution in [1.82, 2.24) is 5.32 Å². The predicted octanol–water partition coefficient (Wildman–Crippen LogP) is 1.17. The summed E-state index contributed by atoms with van der Waals surface area (Å²) < 4.78 is 0. The molecule has 0 saturated heterocycles. The third kappa shape index (κ3) is 6.66. The Morgan fingerprint density at radius 3 is 2.86 bits per heavy atom. The van der Waals surface area contributed by atoms with E-state index in [1.165, 1.54) is 0 Å². The molecule has 0 aliphatic carbocycles. The van der Waals surface area contributed by atoms with Crippen molar-refractivity contribution >= 4 is 22.5 Å². The Hall–Kier alpha value is 0.660. The molecule has 0 aromatic rings. The SMILES string of the molecule is CCNCCSS. The lowest BCUT2D eigenvalue weighted by Crippen LogP contribution is -2.15. The van der Waals surface area contributed by atoms with E-state index in [2.05, 4.69) is 23.9 Å². The fourth-order valence-corrected chi connectivity index (χ4v) is 0.804. The normalized spacial score (nSPS) is 9.43. The van der Waals surface area contributed by atoms with Crippen LogP contribution in [0.1, 0.15) is 6.92 Å². The summed E-state index contributed by atoms with van der Waals surface area (Å²) in [6, 6.07) is 0. The molecular formula is C4H11NS2. The van der Waals surface area contributed by atoms with E-state index in [9.17, 15) is 0 Å². The molecule has 0 aromatic carbocycles. The topological polar surface area (TPSA) is 12.0 Å². The molecule has 1 N–H and O–H groups in total. The summed E-state index contributed by atoms with van der Waals surface area (Å²) in [5, 5.41) is 3.18. The zero-order valence-corrected chi connectivity index (χ0v) is 6.19. The molecule has 7 heavy (non-hydrogen) atoms. The van der Waals surface area contributed by atoms with Gasteiger partial charge in [0.2, 0.25) is 0 Å². The van der Waals surface area contributed by atoms with Crippen LogP contribution in [0.25, 0.3) is 0 Å². The predicted molar refractivity (Wildman–Crippen MR) is 40.0 cm³/mol. The van der Waals surface area contributed by atoms with Crippen molar-refractivity contribution in [3.63, 3.8) is 0 Å². The largest absolute Gasteiger partial charge is 0.316 e. The van der Waals surface area contributed by atoms with Crippen molar-refractivity contribution in [2.75, 3.05) is 18.8 Å². The van der Waals surface area contributed by atoms with Gasteiger partial charge in [0.15, 0.2) is 0 Å². The highest BCUT2D eigenvalue weighted by molar-refractivity contribution is 8.68. The Morgan fingerprint density at radius 2 is 2.43 bits per heavy atom. The summed E-state index contributed by atoms with van der Waals surface area (Å²) in [5.74, 6) is 1.09. The van der Waals surface area contributed by atoms with E-state index in [1.807, 2.05) is 0 Å². The average molecular weight is 137 g/mol. The lowest BCUT2D eigenvalue weighted by Gasteiger charge is -1.94. The van der Waals surface area contributed by atoms with Crippen LogP contribution >= 0.6 is 22.5 Å². The Labute approximate surface area is 54.1 Å². The van der Waals surface area contributed by atoms with Crippen LogP contribution in [0.4, 0.5) is 0 Å². The van der Waals surface area contributed by atoms with Crippen molar-refractivity contribution in [2.24, 2.45) is 0 Å². The summed E-state index contributed by atoms with van der Waals surface area (Å²) in [6.45, 7) is 4.24. The van der Waals surface area contributed by atoms with Crippen LogP contribution in [0.15, 0.2) is 0 Å². The van der Waals surface area contributed by atoms with Crippen LogP contribution in [0.3, 0.4) is 0 Å². The van der Waals surface area contributed by atoms with Crippen LogP contribution in [-0.4, -0.2) is 18.8 Å². The Bertz CT molecular complexity index is 28.9. The van der Waals surface area contributed by atoms with E-state index < -0.39 is 0 Å². The number of hydrogen-bond acceptors (Lipinski definition) is 3. The van der Waals surface area contributed by atoms with Gasteiger partial charge in [-0.2, -0.15) is 0 Å². The second kappa shape index (κ2) is 6.66. The van der Waals surface area contributed by atoms with E-state index in [0.29, 0.717) is 0 Å². The average Bonchev–Trinajstić information content (AvgIpc) is 1.69. The van der Waals surface area contributed by atoms with Gasteiger partial charge in [-0.25, -0.2) is 0 Å². The monoisotopic (exact) mass is 137 g/mol. The lowest BCUT2D eigenvalue weighted by atomic mass is 10.7. The van der Waals surface area contributed by atoms with Crippen LogP contribution < -0.4 is 5.32 Å². The van der Waals surface area contributed by atoms with Gasteiger partial charge in [0.25, 0.3) is 0 Å². The van der Waals surface area contributed by atoms with Crippen molar-refractivity contribution in [1.29, 1.82) is 0 Å². The molecule has 0 unspecified atom stereocenters. The smallest absolute Gasteiger partial charge is 0.0160 e. The highest BCUT2D eigenvalue weighted by Crippen LogP contribution is 2.00. The van der Waals surface area contributed by atoms with Gasteiger partial charge in [-0.3, -0.25) is 0 Å². The summed E-state index contributed by atoms with van der Waals surface area (Å²) in [7, 11) is 1.57. The molecule has 0 atom stereocenters. The maximum absolute atomic E-state index is 3.97. The Morgan fingerprint density at radius 1 is 1.71 bits per heavy atom. The first-order valence-electron chi connectivity index (χ1n) is 2.39. The summed E-state index contributed by atoms with van der Waals surface area (Å²) in [6.07, 6.45) is 0. The number of hydrogen-bond donors (Lipinski definition) is 2. The maximum Gasteiger partial charge on any atom is 0.0160 e. The van der Waals surface area contributed by atoms with E-state index in [0.717, 1.165) is 18.8 Å². The summed E-state index contributed by atoms with van der Waals surface area (Å²) in [4.78, 5) is 0. The Kier molecular flexibility index (Phi) is 7.29. The molecule has 44 valence electrons. The molecule has 0 rings (SSSR count). The highest BCUT2D eigenvalue weighted by Gasteiger charge is 1.78. The molecule has 0 aliphatic rings. The van der Waals surface area contributed by atoms with Gasteiger partial charge in [-0.05, 0) is 6.54 Å². The highest BCUT2D eigenvalue weighted by atomic mass is 33.1. The van der Waals surface area contributed by atoms with Gasteiger partial charge < -0.3 is 5.32 Å². The van der Waals surface area contributed by atoms with Crippen LogP contribution in [0.2, 0.25) is 0 Å². The molecule has 0 spiro atoms. The lowest BCUT2D eigenvalue weighted by molar-refractivity contribution is 0.769. The van der Waals surface area contributed by atoms with Crippen molar-refractivity contribution in [3.05, 3.63) is 0 Å². The van der Waals surface area contributed by atoms with Gasteiger partial charge in [0.1, 0.15) is 0 Å². The zero-order chi connectivity index (χ0) is 5.54. The second-order valence-electron chi connectivity index (χ2n) is 1.19. The van der Waals surface area contributed by atoms with Gasteiger partial charge in [0, 0.05) is 12.3 Å². The molecule has 0 heterocycles. The third-order valence-corrected chi connectivity index (χ3v) is 1.55. The van der Waals surface area contributed by atoms with E-state index in [1.54, 1.807) is 10.8 Å². The van der Waals surface area contributed by atoms with Crippen molar-refractivity contribution in [2.45, 2.75) is 6.92 Å². The number of nitrogens with one attached hydrogen (secondary N) is 1. The van der Waals surface area contributed by atoms with E-state index in [4.69, 9.17) is 0 Å². The van der Waals surface area contributed by atoms with Gasteiger partial charge in [0.05, 0.1) is 0 Å². The van der Waals surface area contributed by atoms with Crippen molar-refractivity contribution in [3.8, 4) is 0 Å². The first kappa shape index (κ1) is 7.66. The molecule has 0 amide bonds. The molecule has 0 radical (unpaired) electrons. The Balaban J connectivity index is 2.45. The number of thiol groups is 1. The molecule has 1 nitrogen and oxygen atoms in total. The minimum Gasteiger partial charge on any atom is -0.316 e. The maximum atomic E-state index is 3.97. The van der Waals surface area contributed by atoms with Crippen LogP contribution in [-0.2, 0) is 0 Å². The van der Waals surface area contributed by atoms with E-state index >= 15 is 0 Å². The van der Waals surface area contributed by atoms with Crippen molar-refractivity contribution < 1.29 is 0 Å². The van der Waals surface area contributed by atoms with Gasteiger partial charge in [-0.1, -0.05) is 17.7 Å². The summed E-state index contributed by atoms with van der Waals surface area (Å²) >= 11 is 3.97. The molecule has 0 aromatic heterocycles. The van der Waals surface area contributed by atoms with Crippen LogP contribution in [0, 0.1) is 0 Å². The minimum atomic E-state index is 1.06. The molecular weight excluding hydrogens is 126 g/mol. The fourth-order valence-electron chi connectivity index (χ4n) is 0.295. The zero-order valence-electron chi connectivity index (χ0n) is 4.48. The van der Waals surface area contributed by atoms with Crippen LogP contribution in [0.5, 0.6) is 0 Å². The molecule has 0 bridgehead atoms. The molecule has 3 heteroatoms. The number of rotatable bonds is 4. The molecule has 0 aliphatic heterocycles. The minimum absolute atomic E-state index is 1.06. The molecule has 0 fully saturated rings.